The highest BCUT2D eigenvalue weighted by atomic mass is 16.5. The van der Waals surface area contributed by atoms with E-state index in [1.165, 1.54) is 20.3 Å². The van der Waals surface area contributed by atoms with Gasteiger partial charge < -0.3 is 14.6 Å². The number of nitrogens with zero attached hydrogens (tertiary/aromatic N) is 3. The Hall–Kier alpha value is -4.38. The molecule has 8 nitrogen and oxygen atoms in total. The van der Waals surface area contributed by atoms with E-state index in [1.807, 2.05) is 19.9 Å². The highest BCUT2D eigenvalue weighted by Crippen LogP contribution is 2.28. The van der Waals surface area contributed by atoms with Crippen molar-refractivity contribution >= 4 is 18.1 Å². The van der Waals surface area contributed by atoms with Crippen molar-refractivity contribution in [3.63, 3.8) is 0 Å². The third kappa shape index (κ3) is 4.23. The van der Waals surface area contributed by atoms with Crippen LogP contribution in [-0.2, 0) is 0 Å². The van der Waals surface area contributed by atoms with Gasteiger partial charge in [-0.3, -0.25) is 4.79 Å². The van der Waals surface area contributed by atoms with Crippen LogP contribution >= 0.6 is 0 Å². The molecule has 0 spiro atoms. The Balaban J connectivity index is 2.18. The molecule has 1 heterocycles. The molecule has 0 bridgehead atoms. The van der Waals surface area contributed by atoms with Crippen molar-refractivity contribution < 1.29 is 19.4 Å². The number of carboxylic acid groups (broad SMARTS) is 1. The summed E-state index contributed by atoms with van der Waals surface area (Å²) in [5.41, 5.74) is 1.46. The Morgan fingerprint density at radius 1 is 1.06 bits per heavy atom. The van der Waals surface area contributed by atoms with Gasteiger partial charge in [-0.25, -0.2) is 4.79 Å². The third-order valence-electron chi connectivity index (χ3n) is 5.03. The molecule has 32 heavy (non-hydrogen) atoms. The normalized spacial score (nSPS) is 10.7. The number of aromatic carboxylic acids is 1. The van der Waals surface area contributed by atoms with Crippen molar-refractivity contribution in [1.82, 2.24) is 9.78 Å². The Bertz CT molecular complexity index is 1330. The predicted octanol–water partition coefficient (Wildman–Crippen LogP) is 3.61. The van der Waals surface area contributed by atoms with Gasteiger partial charge in [-0.1, -0.05) is 24.3 Å². The van der Waals surface area contributed by atoms with E-state index in [0.717, 1.165) is 15.8 Å². The van der Waals surface area contributed by atoms with Gasteiger partial charge in [-0.05, 0) is 54.8 Å². The van der Waals surface area contributed by atoms with Crippen LogP contribution in [0.5, 0.6) is 11.5 Å². The Kier molecular flexibility index (Phi) is 6.40. The molecule has 0 amide bonds. The van der Waals surface area contributed by atoms with E-state index in [0.29, 0.717) is 22.7 Å². The number of carbonyl (C=O) groups is 1. The molecule has 1 N–H and O–H groups in total. The second-order valence-corrected chi connectivity index (χ2v) is 6.99. The fourth-order valence-electron chi connectivity index (χ4n) is 3.14. The van der Waals surface area contributed by atoms with E-state index in [2.05, 4.69) is 5.10 Å². The van der Waals surface area contributed by atoms with Crippen molar-refractivity contribution in [3.05, 3.63) is 80.3 Å². The van der Waals surface area contributed by atoms with Gasteiger partial charge in [0.05, 0.1) is 19.9 Å². The van der Waals surface area contributed by atoms with E-state index in [1.54, 1.807) is 42.5 Å². The van der Waals surface area contributed by atoms with Gasteiger partial charge in [-0.2, -0.15) is 15.0 Å². The number of methoxy groups -OCH3 is 2. The summed E-state index contributed by atoms with van der Waals surface area (Å²) in [6.07, 6.45) is 2.97. The van der Waals surface area contributed by atoms with E-state index < -0.39 is 17.2 Å². The maximum Gasteiger partial charge on any atom is 0.357 e. The van der Waals surface area contributed by atoms with E-state index >= 15 is 0 Å². The standard InChI is InChI=1S/C24H21N3O5/c1-14-5-8-17(11-15(14)2)27-23(28)19(13-25)18(22(26-27)24(29)30)9-6-16-7-10-20(31-3)21(12-16)32-4/h5-12H,1-4H3,(H,29,30)/b9-6-. The summed E-state index contributed by atoms with van der Waals surface area (Å²) in [5, 5.41) is 23.5. The molecule has 0 fully saturated rings. The molecule has 0 unspecified atom stereocenters. The lowest BCUT2D eigenvalue weighted by Gasteiger charge is -2.11. The fourth-order valence-corrected chi connectivity index (χ4v) is 3.14. The number of rotatable bonds is 6. The number of aryl methyl sites for hydroxylation is 2. The summed E-state index contributed by atoms with van der Waals surface area (Å²) in [6.45, 7) is 3.79. The maximum absolute atomic E-state index is 13.0. The largest absolute Gasteiger partial charge is 0.493 e. The summed E-state index contributed by atoms with van der Waals surface area (Å²) in [4.78, 5) is 24.9. The fraction of sp³-hybridized carbons (Fsp3) is 0.167. The minimum atomic E-state index is -1.36. The predicted molar refractivity (Wildman–Crippen MR) is 119 cm³/mol. The lowest BCUT2D eigenvalue weighted by atomic mass is 10.1. The highest BCUT2D eigenvalue weighted by Gasteiger charge is 2.21. The Morgan fingerprint density at radius 2 is 1.78 bits per heavy atom. The first kappa shape index (κ1) is 22.3. The molecule has 3 aromatic rings. The lowest BCUT2D eigenvalue weighted by molar-refractivity contribution is 0.0688. The van der Waals surface area contributed by atoms with Crippen LogP contribution in [0.25, 0.3) is 17.8 Å². The van der Waals surface area contributed by atoms with Gasteiger partial charge in [0.2, 0.25) is 0 Å². The second kappa shape index (κ2) is 9.18. The van der Waals surface area contributed by atoms with Crippen LogP contribution in [0.4, 0.5) is 0 Å². The summed E-state index contributed by atoms with van der Waals surface area (Å²) in [5.74, 6) is -0.339. The van der Waals surface area contributed by atoms with Crippen LogP contribution < -0.4 is 15.0 Å². The van der Waals surface area contributed by atoms with Gasteiger partial charge in [-0.15, -0.1) is 0 Å². The molecule has 1 aromatic heterocycles. The average molecular weight is 431 g/mol. The molecule has 0 saturated heterocycles. The summed E-state index contributed by atoms with van der Waals surface area (Å²) in [7, 11) is 3.01. The van der Waals surface area contributed by atoms with Gasteiger partial charge in [0, 0.05) is 5.56 Å². The number of nitriles is 1. The molecule has 0 saturated carbocycles. The lowest BCUT2D eigenvalue weighted by Crippen LogP contribution is -2.28. The van der Waals surface area contributed by atoms with Crippen LogP contribution in [0.1, 0.15) is 38.3 Å². The van der Waals surface area contributed by atoms with Crippen molar-refractivity contribution in [2.45, 2.75) is 13.8 Å². The number of benzene rings is 2. The van der Waals surface area contributed by atoms with Crippen molar-refractivity contribution in [3.8, 4) is 23.3 Å². The topological polar surface area (TPSA) is 114 Å². The van der Waals surface area contributed by atoms with Crippen LogP contribution in [0.2, 0.25) is 0 Å². The van der Waals surface area contributed by atoms with E-state index in [4.69, 9.17) is 9.47 Å². The molecule has 162 valence electrons. The summed E-state index contributed by atoms with van der Waals surface area (Å²) < 4.78 is 11.4. The minimum absolute atomic E-state index is 0.0696. The Morgan fingerprint density at radius 3 is 2.38 bits per heavy atom. The van der Waals surface area contributed by atoms with Crippen LogP contribution in [0.15, 0.2) is 41.2 Å². The van der Waals surface area contributed by atoms with E-state index in [9.17, 15) is 20.0 Å². The molecule has 3 rings (SSSR count). The minimum Gasteiger partial charge on any atom is -0.493 e. The molecule has 0 atom stereocenters. The molecule has 0 radical (unpaired) electrons. The zero-order valence-electron chi connectivity index (χ0n) is 18.0. The first-order valence-corrected chi connectivity index (χ1v) is 9.59. The van der Waals surface area contributed by atoms with Crippen molar-refractivity contribution in [1.29, 1.82) is 5.26 Å². The quantitative estimate of drug-likeness (QED) is 0.634. The molecule has 0 aliphatic heterocycles. The smallest absolute Gasteiger partial charge is 0.357 e. The molecule has 2 aromatic carbocycles. The molecule has 0 aliphatic carbocycles. The first-order valence-electron chi connectivity index (χ1n) is 9.59. The summed E-state index contributed by atoms with van der Waals surface area (Å²) in [6, 6.07) is 12.1. The van der Waals surface area contributed by atoms with Gasteiger partial charge >= 0.3 is 5.97 Å². The second-order valence-electron chi connectivity index (χ2n) is 6.99. The molecular formula is C24H21N3O5. The number of aromatic nitrogens is 2. The monoisotopic (exact) mass is 431 g/mol. The Labute approximate surface area is 184 Å². The highest BCUT2D eigenvalue weighted by molar-refractivity contribution is 5.92. The number of ether oxygens (including phenoxy) is 2. The molecule has 0 aliphatic rings. The van der Waals surface area contributed by atoms with E-state index in [-0.39, 0.29) is 11.1 Å². The molecular weight excluding hydrogens is 410 g/mol. The van der Waals surface area contributed by atoms with Crippen molar-refractivity contribution in [2.75, 3.05) is 14.2 Å². The number of carboxylic acids is 1. The maximum atomic E-state index is 13.0. The molecule has 8 heteroatoms. The van der Waals surface area contributed by atoms with Crippen molar-refractivity contribution in [2.24, 2.45) is 0 Å². The van der Waals surface area contributed by atoms with Crippen LogP contribution in [0.3, 0.4) is 0 Å². The zero-order valence-corrected chi connectivity index (χ0v) is 18.0. The number of hydrogen-bond donors (Lipinski definition) is 1. The van der Waals surface area contributed by atoms with Crippen LogP contribution in [-0.4, -0.2) is 35.1 Å². The summed E-state index contributed by atoms with van der Waals surface area (Å²) >= 11 is 0. The van der Waals surface area contributed by atoms with Gasteiger partial charge in [0.25, 0.3) is 5.56 Å². The SMILES string of the molecule is COc1ccc(/C=C\c2c(C(=O)O)nn(-c3ccc(C)c(C)c3)c(=O)c2C#N)cc1OC. The first-order chi connectivity index (χ1) is 15.3. The third-order valence-corrected chi connectivity index (χ3v) is 5.03. The average Bonchev–Trinajstić information content (AvgIpc) is 2.79. The zero-order chi connectivity index (χ0) is 23.4. The van der Waals surface area contributed by atoms with Gasteiger partial charge in [0.1, 0.15) is 11.6 Å². The van der Waals surface area contributed by atoms with Crippen LogP contribution in [0, 0.1) is 25.2 Å². The van der Waals surface area contributed by atoms with Gasteiger partial charge in [0.15, 0.2) is 17.2 Å². The number of hydrogen-bond acceptors (Lipinski definition) is 6.